The van der Waals surface area contributed by atoms with E-state index in [1.165, 1.54) is 13.2 Å². The number of hydrogen-bond donors (Lipinski definition) is 1. The predicted molar refractivity (Wildman–Crippen MR) is 67.1 cm³/mol. The van der Waals surface area contributed by atoms with E-state index in [4.69, 9.17) is 4.74 Å². The van der Waals surface area contributed by atoms with Gasteiger partial charge in [-0.3, -0.25) is 0 Å². The second-order valence-corrected chi connectivity index (χ2v) is 5.49. The molecule has 1 saturated carbocycles. The minimum atomic E-state index is -0.527. The normalized spacial score (nSPS) is 18.0. The summed E-state index contributed by atoms with van der Waals surface area (Å²) in [5.74, 6) is -0.424. The van der Waals surface area contributed by atoms with E-state index in [0.717, 1.165) is 19.3 Å². The molecule has 1 amide bonds. The molecule has 0 aromatic carbocycles. The third-order valence-corrected chi connectivity index (χ3v) is 2.74. The zero-order chi connectivity index (χ0) is 13.8. The minimum absolute atomic E-state index is 0.424. The van der Waals surface area contributed by atoms with Gasteiger partial charge in [0, 0.05) is 6.08 Å². The molecular formula is C13H21NO4. The van der Waals surface area contributed by atoms with E-state index in [0.29, 0.717) is 0 Å². The van der Waals surface area contributed by atoms with E-state index in [9.17, 15) is 9.59 Å². The molecule has 1 aliphatic rings. The zero-order valence-corrected chi connectivity index (χ0v) is 11.4. The second kappa shape index (κ2) is 5.42. The van der Waals surface area contributed by atoms with Crippen molar-refractivity contribution in [3.8, 4) is 0 Å². The highest BCUT2D eigenvalue weighted by atomic mass is 16.6. The maximum absolute atomic E-state index is 11.7. The third kappa shape index (κ3) is 4.39. The maximum atomic E-state index is 11.7. The number of hydrogen-bond acceptors (Lipinski definition) is 4. The van der Waals surface area contributed by atoms with Crippen molar-refractivity contribution in [2.75, 3.05) is 7.11 Å². The van der Waals surface area contributed by atoms with Crippen molar-refractivity contribution in [3.05, 3.63) is 12.2 Å². The van der Waals surface area contributed by atoms with Crippen LogP contribution in [0.15, 0.2) is 12.2 Å². The number of amides is 1. The summed E-state index contributed by atoms with van der Waals surface area (Å²) in [5.41, 5.74) is -0.988. The van der Waals surface area contributed by atoms with Gasteiger partial charge < -0.3 is 14.8 Å². The Hall–Kier alpha value is -1.52. The monoisotopic (exact) mass is 255 g/mol. The molecule has 1 aliphatic carbocycles. The fraction of sp³-hybridized carbons (Fsp3) is 0.692. The molecule has 5 heteroatoms. The van der Waals surface area contributed by atoms with Crippen LogP contribution in [0, 0.1) is 0 Å². The number of carbonyl (C=O) groups excluding carboxylic acids is 2. The van der Waals surface area contributed by atoms with Gasteiger partial charge in [0.15, 0.2) is 0 Å². The van der Waals surface area contributed by atoms with Gasteiger partial charge in [-0.05, 0) is 40.0 Å². The molecule has 1 N–H and O–H groups in total. The van der Waals surface area contributed by atoms with Crippen LogP contribution >= 0.6 is 0 Å². The fourth-order valence-corrected chi connectivity index (χ4v) is 1.69. The Bertz CT molecular complexity index is 350. The van der Waals surface area contributed by atoms with Crippen LogP contribution in [0.2, 0.25) is 0 Å². The lowest BCUT2D eigenvalue weighted by molar-refractivity contribution is -0.134. The van der Waals surface area contributed by atoms with Crippen molar-refractivity contribution in [1.82, 2.24) is 5.32 Å². The Morgan fingerprint density at radius 3 is 2.28 bits per heavy atom. The number of nitrogens with one attached hydrogen (secondary N) is 1. The average molecular weight is 255 g/mol. The molecule has 18 heavy (non-hydrogen) atoms. The fourth-order valence-electron chi connectivity index (χ4n) is 1.69. The number of rotatable bonds is 3. The summed E-state index contributed by atoms with van der Waals surface area (Å²) in [6.45, 7) is 5.43. The van der Waals surface area contributed by atoms with Crippen LogP contribution in [0.4, 0.5) is 4.79 Å². The van der Waals surface area contributed by atoms with Crippen molar-refractivity contribution in [2.45, 2.75) is 51.2 Å². The Morgan fingerprint density at radius 1 is 1.28 bits per heavy atom. The molecule has 0 saturated heterocycles. The van der Waals surface area contributed by atoms with Gasteiger partial charge in [0.2, 0.25) is 0 Å². The number of esters is 1. The topological polar surface area (TPSA) is 64.6 Å². The van der Waals surface area contributed by atoms with E-state index in [-0.39, 0.29) is 0 Å². The first-order valence-electron chi connectivity index (χ1n) is 6.05. The molecule has 1 fully saturated rings. The highest BCUT2D eigenvalue weighted by Gasteiger charge is 2.37. The van der Waals surface area contributed by atoms with Gasteiger partial charge >= 0.3 is 12.1 Å². The van der Waals surface area contributed by atoms with Crippen molar-refractivity contribution >= 4 is 12.1 Å². The SMILES string of the molecule is COC(=O)/C=C/C1(NC(=O)OC(C)(C)C)CCC1. The molecular weight excluding hydrogens is 234 g/mol. The summed E-state index contributed by atoms with van der Waals surface area (Å²) >= 11 is 0. The van der Waals surface area contributed by atoms with Crippen molar-refractivity contribution < 1.29 is 19.1 Å². The molecule has 0 atom stereocenters. The summed E-state index contributed by atoms with van der Waals surface area (Å²) < 4.78 is 9.73. The van der Waals surface area contributed by atoms with E-state index in [2.05, 4.69) is 10.1 Å². The van der Waals surface area contributed by atoms with Gasteiger partial charge in [-0.1, -0.05) is 6.08 Å². The summed E-state index contributed by atoms with van der Waals surface area (Å²) in [4.78, 5) is 22.8. The lowest BCUT2D eigenvalue weighted by Gasteiger charge is -2.40. The quantitative estimate of drug-likeness (QED) is 0.620. The molecule has 0 radical (unpaired) electrons. The highest BCUT2D eigenvalue weighted by Crippen LogP contribution is 2.33. The number of ether oxygens (including phenoxy) is 2. The first-order valence-corrected chi connectivity index (χ1v) is 6.05. The lowest BCUT2D eigenvalue weighted by Crippen LogP contribution is -2.53. The molecule has 0 aromatic rings. The van der Waals surface area contributed by atoms with E-state index < -0.39 is 23.2 Å². The first kappa shape index (κ1) is 14.5. The van der Waals surface area contributed by atoms with Gasteiger partial charge in [0.1, 0.15) is 5.60 Å². The predicted octanol–water partition coefficient (Wildman–Crippen LogP) is 2.16. The molecule has 102 valence electrons. The van der Waals surface area contributed by atoms with Crippen LogP contribution in [0.3, 0.4) is 0 Å². The van der Waals surface area contributed by atoms with E-state index in [1.807, 2.05) is 20.8 Å². The number of alkyl carbamates (subject to hydrolysis) is 1. The van der Waals surface area contributed by atoms with E-state index in [1.54, 1.807) is 6.08 Å². The van der Waals surface area contributed by atoms with Gasteiger partial charge in [0.05, 0.1) is 12.6 Å². The maximum Gasteiger partial charge on any atom is 0.408 e. The van der Waals surface area contributed by atoms with Crippen LogP contribution in [-0.2, 0) is 14.3 Å². The molecule has 0 unspecified atom stereocenters. The summed E-state index contributed by atoms with van der Waals surface area (Å²) in [6, 6.07) is 0. The molecule has 0 bridgehead atoms. The summed E-state index contributed by atoms with van der Waals surface area (Å²) in [6.07, 6.45) is 5.19. The van der Waals surface area contributed by atoms with Crippen molar-refractivity contribution in [3.63, 3.8) is 0 Å². The minimum Gasteiger partial charge on any atom is -0.466 e. The van der Waals surface area contributed by atoms with E-state index >= 15 is 0 Å². The lowest BCUT2D eigenvalue weighted by atomic mass is 9.76. The first-order chi connectivity index (χ1) is 8.26. The van der Waals surface area contributed by atoms with Crippen LogP contribution in [0.25, 0.3) is 0 Å². The molecule has 5 nitrogen and oxygen atoms in total. The van der Waals surface area contributed by atoms with Crippen molar-refractivity contribution in [1.29, 1.82) is 0 Å². The molecule has 0 aliphatic heterocycles. The van der Waals surface area contributed by atoms with Gasteiger partial charge in [-0.2, -0.15) is 0 Å². The van der Waals surface area contributed by atoms with Crippen LogP contribution < -0.4 is 5.32 Å². The highest BCUT2D eigenvalue weighted by molar-refractivity contribution is 5.82. The van der Waals surface area contributed by atoms with Crippen LogP contribution in [0.5, 0.6) is 0 Å². The Kier molecular flexibility index (Phi) is 4.38. The van der Waals surface area contributed by atoms with Gasteiger partial charge in [-0.15, -0.1) is 0 Å². The molecule has 0 aromatic heterocycles. The van der Waals surface area contributed by atoms with Gasteiger partial charge in [-0.25, -0.2) is 9.59 Å². The average Bonchev–Trinajstić information content (AvgIpc) is 2.18. The van der Waals surface area contributed by atoms with Crippen molar-refractivity contribution in [2.24, 2.45) is 0 Å². The molecule has 0 heterocycles. The number of carbonyl (C=O) groups is 2. The second-order valence-electron chi connectivity index (χ2n) is 5.49. The Balaban J connectivity index is 2.58. The third-order valence-electron chi connectivity index (χ3n) is 2.74. The van der Waals surface area contributed by atoms with Crippen LogP contribution in [-0.4, -0.2) is 30.3 Å². The summed E-state index contributed by atoms with van der Waals surface area (Å²) in [7, 11) is 1.32. The van der Waals surface area contributed by atoms with Gasteiger partial charge in [0.25, 0.3) is 0 Å². The number of methoxy groups -OCH3 is 1. The van der Waals surface area contributed by atoms with Crippen LogP contribution in [0.1, 0.15) is 40.0 Å². The Morgan fingerprint density at radius 2 is 1.89 bits per heavy atom. The smallest absolute Gasteiger partial charge is 0.408 e. The molecule has 0 spiro atoms. The summed E-state index contributed by atoms with van der Waals surface area (Å²) in [5, 5.41) is 2.81. The Labute approximate surface area is 108 Å². The molecule has 1 rings (SSSR count). The zero-order valence-electron chi connectivity index (χ0n) is 11.4. The largest absolute Gasteiger partial charge is 0.466 e. The standard InChI is InChI=1S/C13H21NO4/c1-12(2,3)18-11(16)14-13(7-5-8-13)9-6-10(15)17-4/h6,9H,5,7-8H2,1-4H3,(H,14,16)/b9-6+.